The minimum Gasteiger partial charge on any atom is -0.627 e. The Balaban J connectivity index is 0.00000132. The smallest absolute Gasteiger partial charge is 0.272 e. The van der Waals surface area contributed by atoms with Crippen LogP contribution in [-0.2, 0) is 5.75 Å². The molecule has 1 aromatic heterocycles. The van der Waals surface area contributed by atoms with Gasteiger partial charge < -0.3 is 14.8 Å². The predicted molar refractivity (Wildman–Crippen MR) is 130 cm³/mol. The SMILES string of the molecule is CC.CC1CCN(C(=O)c2cccc(CSc3ccc([N+](C)([O-])C4CC4)cc3)n2)CC1. The standard InChI is InChI=1S/C23H29N3O2S.C2H6/c1-17-12-14-25(15-13-17)23(27)22-5-3-4-18(24-22)16-29-21-10-8-20(9-11-21)26(2,28)19-6-7-19;1-2/h3-5,8-11,17,19H,6-7,12-16H2,1-2H3;1-2H3. The van der Waals surface area contributed by atoms with Gasteiger partial charge in [-0.25, -0.2) is 4.98 Å². The molecule has 2 aromatic rings. The van der Waals surface area contributed by atoms with Gasteiger partial charge >= 0.3 is 0 Å². The second-order valence-corrected chi connectivity index (χ2v) is 9.54. The summed E-state index contributed by atoms with van der Waals surface area (Å²) >= 11 is 1.68. The van der Waals surface area contributed by atoms with Gasteiger partial charge in [0.2, 0.25) is 0 Å². The number of carbonyl (C=O) groups is 1. The molecule has 1 atom stereocenters. The van der Waals surface area contributed by atoms with E-state index in [0.717, 1.165) is 55.0 Å². The Labute approximate surface area is 191 Å². The van der Waals surface area contributed by atoms with Crippen LogP contribution in [0, 0.1) is 11.1 Å². The van der Waals surface area contributed by atoms with E-state index < -0.39 is 0 Å². The molecule has 4 rings (SSSR count). The third-order valence-electron chi connectivity index (χ3n) is 6.08. The average Bonchev–Trinajstić information content (AvgIpc) is 3.66. The summed E-state index contributed by atoms with van der Waals surface area (Å²) in [5.74, 6) is 1.44. The number of piperidine rings is 1. The average molecular weight is 442 g/mol. The molecule has 1 saturated heterocycles. The van der Waals surface area contributed by atoms with Crippen molar-refractivity contribution in [1.29, 1.82) is 0 Å². The summed E-state index contributed by atoms with van der Waals surface area (Å²) < 4.78 is -0.272. The first-order chi connectivity index (χ1) is 14.9. The lowest BCUT2D eigenvalue weighted by Crippen LogP contribution is -2.40. The van der Waals surface area contributed by atoms with Crippen molar-refractivity contribution in [3.63, 3.8) is 0 Å². The molecule has 5 nitrogen and oxygen atoms in total. The first kappa shape index (κ1) is 23.8. The molecule has 1 aliphatic carbocycles. The van der Waals surface area contributed by atoms with E-state index in [0.29, 0.717) is 17.4 Å². The molecule has 1 aliphatic heterocycles. The van der Waals surface area contributed by atoms with Crippen LogP contribution in [0.1, 0.15) is 62.6 Å². The van der Waals surface area contributed by atoms with Gasteiger partial charge in [0.05, 0.1) is 18.8 Å². The number of thioether (sulfide) groups is 1. The zero-order valence-corrected chi connectivity index (χ0v) is 20.0. The molecular formula is C25H35N3O2S. The van der Waals surface area contributed by atoms with Crippen molar-refractivity contribution in [2.75, 3.05) is 20.1 Å². The van der Waals surface area contributed by atoms with E-state index >= 15 is 0 Å². The van der Waals surface area contributed by atoms with Crippen molar-refractivity contribution in [3.8, 4) is 0 Å². The Morgan fingerprint density at radius 1 is 1.10 bits per heavy atom. The molecule has 2 aliphatic rings. The highest BCUT2D eigenvalue weighted by molar-refractivity contribution is 7.98. The molecule has 1 saturated carbocycles. The Morgan fingerprint density at radius 2 is 1.74 bits per heavy atom. The van der Waals surface area contributed by atoms with Gasteiger partial charge in [0.1, 0.15) is 11.4 Å². The van der Waals surface area contributed by atoms with Crippen molar-refractivity contribution >= 4 is 23.4 Å². The molecule has 2 heterocycles. The van der Waals surface area contributed by atoms with Crippen LogP contribution >= 0.6 is 11.8 Å². The number of benzene rings is 1. The summed E-state index contributed by atoms with van der Waals surface area (Å²) in [5, 5.41) is 12.7. The highest BCUT2D eigenvalue weighted by atomic mass is 32.2. The molecule has 0 bridgehead atoms. The van der Waals surface area contributed by atoms with Crippen molar-refractivity contribution < 1.29 is 4.79 Å². The van der Waals surface area contributed by atoms with Gasteiger partial charge in [-0.05, 0) is 43.0 Å². The summed E-state index contributed by atoms with van der Waals surface area (Å²) in [6.07, 6.45) is 4.18. The summed E-state index contributed by atoms with van der Waals surface area (Å²) in [5.41, 5.74) is 2.26. The molecule has 1 unspecified atom stereocenters. The molecule has 2 fully saturated rings. The first-order valence-electron chi connectivity index (χ1n) is 11.5. The monoisotopic (exact) mass is 441 g/mol. The Kier molecular flexibility index (Phi) is 8.14. The molecule has 0 spiro atoms. The van der Waals surface area contributed by atoms with Crippen molar-refractivity contribution in [2.24, 2.45) is 5.92 Å². The van der Waals surface area contributed by atoms with Crippen molar-refractivity contribution in [1.82, 2.24) is 14.5 Å². The summed E-state index contributed by atoms with van der Waals surface area (Å²) in [6.45, 7) is 7.89. The highest BCUT2D eigenvalue weighted by Gasteiger charge is 2.37. The zero-order chi connectivity index (χ0) is 22.4. The maximum absolute atomic E-state index is 12.7. The third kappa shape index (κ3) is 6.09. The van der Waals surface area contributed by atoms with Crippen LogP contribution in [0.3, 0.4) is 0 Å². The van der Waals surface area contributed by atoms with Crippen LogP contribution in [-0.4, -0.2) is 42.0 Å². The fraction of sp³-hybridized carbons (Fsp3) is 0.520. The Morgan fingerprint density at radius 3 is 2.35 bits per heavy atom. The van der Waals surface area contributed by atoms with E-state index in [-0.39, 0.29) is 16.6 Å². The van der Waals surface area contributed by atoms with Crippen LogP contribution in [0.2, 0.25) is 0 Å². The van der Waals surface area contributed by atoms with Gasteiger partial charge in [-0.2, -0.15) is 0 Å². The van der Waals surface area contributed by atoms with E-state index in [9.17, 15) is 10.0 Å². The lowest BCUT2D eigenvalue weighted by Gasteiger charge is -2.38. The first-order valence-corrected chi connectivity index (χ1v) is 12.5. The molecule has 1 aromatic carbocycles. The lowest BCUT2D eigenvalue weighted by atomic mass is 9.99. The van der Waals surface area contributed by atoms with Crippen LogP contribution in [0.15, 0.2) is 47.4 Å². The lowest BCUT2D eigenvalue weighted by molar-refractivity contribution is 0.0691. The number of aromatic nitrogens is 1. The number of carbonyl (C=O) groups excluding carboxylic acids is 1. The van der Waals surface area contributed by atoms with Gasteiger partial charge in [0, 0.05) is 48.7 Å². The zero-order valence-electron chi connectivity index (χ0n) is 19.2. The summed E-state index contributed by atoms with van der Waals surface area (Å²) in [7, 11) is 1.75. The number of rotatable bonds is 6. The number of hydrogen-bond acceptors (Lipinski definition) is 4. The number of hydrogen-bond donors (Lipinski definition) is 0. The van der Waals surface area contributed by atoms with Gasteiger partial charge in [-0.15, -0.1) is 11.8 Å². The minimum absolute atomic E-state index is 0.0423. The molecule has 1 amide bonds. The third-order valence-corrected chi connectivity index (χ3v) is 7.12. The van der Waals surface area contributed by atoms with Crippen molar-refractivity contribution in [2.45, 2.75) is 63.1 Å². The van der Waals surface area contributed by atoms with Crippen LogP contribution in [0.25, 0.3) is 0 Å². The van der Waals surface area contributed by atoms with Crippen LogP contribution in [0.4, 0.5) is 5.69 Å². The molecular weight excluding hydrogens is 406 g/mol. The fourth-order valence-electron chi connectivity index (χ4n) is 3.83. The van der Waals surface area contributed by atoms with Crippen LogP contribution < -0.4 is 4.65 Å². The number of hydroxylamine groups is 2. The number of nitrogens with zero attached hydrogens (tertiary/aromatic N) is 3. The van der Waals surface area contributed by atoms with Gasteiger partial charge in [0.25, 0.3) is 5.91 Å². The second kappa shape index (κ2) is 10.6. The van der Waals surface area contributed by atoms with Crippen LogP contribution in [0.5, 0.6) is 0 Å². The summed E-state index contributed by atoms with van der Waals surface area (Å²) in [6, 6.07) is 13.8. The van der Waals surface area contributed by atoms with E-state index in [4.69, 9.17) is 0 Å². The number of pyridine rings is 1. The molecule has 31 heavy (non-hydrogen) atoms. The van der Waals surface area contributed by atoms with E-state index in [1.807, 2.05) is 61.2 Å². The quantitative estimate of drug-likeness (QED) is 0.320. The highest BCUT2D eigenvalue weighted by Crippen LogP contribution is 2.37. The predicted octanol–water partition coefficient (Wildman–Crippen LogP) is 5.87. The van der Waals surface area contributed by atoms with Gasteiger partial charge in [-0.1, -0.05) is 26.8 Å². The Bertz CT molecular complexity index is 857. The number of quaternary nitrogens is 1. The normalized spacial score (nSPS) is 18.7. The van der Waals surface area contributed by atoms with Gasteiger partial charge in [0.15, 0.2) is 0 Å². The van der Waals surface area contributed by atoms with E-state index in [2.05, 4.69) is 11.9 Å². The molecule has 168 valence electrons. The minimum atomic E-state index is -0.272. The van der Waals surface area contributed by atoms with Crippen molar-refractivity contribution in [3.05, 3.63) is 59.1 Å². The van der Waals surface area contributed by atoms with E-state index in [1.165, 1.54) is 0 Å². The number of amides is 1. The second-order valence-electron chi connectivity index (χ2n) is 8.49. The Hall–Kier alpha value is -1.89. The maximum Gasteiger partial charge on any atom is 0.272 e. The molecule has 0 radical (unpaired) electrons. The number of likely N-dealkylation sites (tertiary alicyclic amines) is 1. The maximum atomic E-state index is 12.7. The topological polar surface area (TPSA) is 56.3 Å². The van der Waals surface area contributed by atoms with Gasteiger partial charge in [-0.3, -0.25) is 4.79 Å². The largest absolute Gasteiger partial charge is 0.627 e. The molecule has 0 N–H and O–H groups in total. The fourth-order valence-corrected chi connectivity index (χ4v) is 4.63. The summed E-state index contributed by atoms with van der Waals surface area (Å²) in [4.78, 5) is 20.4. The van der Waals surface area contributed by atoms with E-state index in [1.54, 1.807) is 18.8 Å². The molecule has 6 heteroatoms.